The number of urea groups is 1. The molecule has 2 heterocycles. The number of rotatable bonds is 10. The van der Waals surface area contributed by atoms with Crippen molar-refractivity contribution in [1.82, 2.24) is 36.7 Å². The highest BCUT2D eigenvalue weighted by Crippen LogP contribution is 2.28. The molecule has 2 aliphatic heterocycles. The standard InChI is InChI=1S/C26H44N8O5/c1-4-6-19(16-30-32-26(39)29-15-17-8-10-18(11-9-17)23(36)28-3)31-24(37)21-7-5-14-33-22(35)13-12-20(27-2)25(38)34(21)33/h16-21,27H,4-15H2,1-3H3,(H,28,36)(H,31,37)(H2,29,32,39)/b30-16+. The highest BCUT2D eigenvalue weighted by atomic mass is 16.2. The van der Waals surface area contributed by atoms with E-state index < -0.39 is 24.2 Å². The maximum atomic E-state index is 13.3. The van der Waals surface area contributed by atoms with Crippen LogP contribution in [-0.2, 0) is 19.2 Å². The fourth-order valence-corrected chi connectivity index (χ4v) is 5.61. The molecule has 13 nitrogen and oxygen atoms in total. The monoisotopic (exact) mass is 548 g/mol. The predicted molar refractivity (Wildman–Crippen MR) is 145 cm³/mol. The molecule has 3 aliphatic rings. The molecule has 0 radical (unpaired) electrons. The van der Waals surface area contributed by atoms with Crippen molar-refractivity contribution in [2.24, 2.45) is 16.9 Å². The minimum Gasteiger partial charge on any atom is -0.359 e. The molecule has 3 unspecified atom stereocenters. The van der Waals surface area contributed by atoms with Crippen molar-refractivity contribution in [3.05, 3.63) is 0 Å². The van der Waals surface area contributed by atoms with Gasteiger partial charge in [0.2, 0.25) is 17.7 Å². The van der Waals surface area contributed by atoms with Crippen molar-refractivity contribution in [2.75, 3.05) is 27.2 Å². The molecule has 39 heavy (non-hydrogen) atoms. The minimum atomic E-state index is -0.786. The van der Waals surface area contributed by atoms with Crippen LogP contribution in [0.15, 0.2) is 5.10 Å². The Morgan fingerprint density at radius 3 is 2.46 bits per heavy atom. The quantitative estimate of drug-likeness (QED) is 0.194. The first kappa shape index (κ1) is 30.3. The number of hydrogen-bond acceptors (Lipinski definition) is 7. The number of nitrogens with zero attached hydrogens (tertiary/aromatic N) is 3. The number of hydrogen-bond donors (Lipinski definition) is 5. The van der Waals surface area contributed by atoms with E-state index in [2.05, 4.69) is 31.8 Å². The summed E-state index contributed by atoms with van der Waals surface area (Å²) in [6, 6.07) is -2.19. The lowest BCUT2D eigenvalue weighted by molar-refractivity contribution is -0.176. The van der Waals surface area contributed by atoms with Crippen molar-refractivity contribution < 1.29 is 24.0 Å². The van der Waals surface area contributed by atoms with Crippen LogP contribution in [0.5, 0.6) is 0 Å². The number of amides is 6. The third-order valence-corrected chi connectivity index (χ3v) is 7.88. The van der Waals surface area contributed by atoms with Crippen molar-refractivity contribution >= 4 is 35.9 Å². The zero-order valence-corrected chi connectivity index (χ0v) is 23.3. The Hall–Kier alpha value is -3.22. The number of carbonyl (C=O) groups excluding carboxylic acids is 5. The Kier molecular flexibility index (Phi) is 11.5. The van der Waals surface area contributed by atoms with Gasteiger partial charge in [0, 0.05) is 38.7 Å². The molecule has 1 aliphatic carbocycles. The summed E-state index contributed by atoms with van der Waals surface area (Å²) in [5.41, 5.74) is 2.46. The Balaban J connectivity index is 1.50. The van der Waals surface area contributed by atoms with Crippen LogP contribution in [0.2, 0.25) is 0 Å². The Morgan fingerprint density at radius 1 is 1.05 bits per heavy atom. The summed E-state index contributed by atoms with van der Waals surface area (Å²) in [5, 5.41) is 18.2. The van der Waals surface area contributed by atoms with Crippen molar-refractivity contribution in [3.63, 3.8) is 0 Å². The lowest BCUT2D eigenvalue weighted by atomic mass is 9.81. The van der Waals surface area contributed by atoms with Gasteiger partial charge in [0.25, 0.3) is 5.91 Å². The van der Waals surface area contributed by atoms with Crippen molar-refractivity contribution in [1.29, 1.82) is 0 Å². The van der Waals surface area contributed by atoms with Crippen LogP contribution in [-0.4, -0.2) is 91.2 Å². The fraction of sp³-hybridized carbons (Fsp3) is 0.769. The maximum Gasteiger partial charge on any atom is 0.335 e. The van der Waals surface area contributed by atoms with Gasteiger partial charge >= 0.3 is 6.03 Å². The highest BCUT2D eigenvalue weighted by molar-refractivity contribution is 5.94. The van der Waals surface area contributed by atoms with E-state index in [1.54, 1.807) is 14.1 Å². The zero-order chi connectivity index (χ0) is 28.4. The maximum absolute atomic E-state index is 13.3. The molecule has 3 fully saturated rings. The fourth-order valence-electron chi connectivity index (χ4n) is 5.61. The summed E-state index contributed by atoms with van der Waals surface area (Å²) in [6.07, 6.45) is 7.96. The summed E-state index contributed by atoms with van der Waals surface area (Å²) in [5.74, 6) is -0.325. The van der Waals surface area contributed by atoms with Crippen LogP contribution in [0, 0.1) is 11.8 Å². The molecule has 0 aromatic heterocycles. The second-order valence-electron chi connectivity index (χ2n) is 10.6. The van der Waals surface area contributed by atoms with Crippen molar-refractivity contribution in [2.45, 2.75) is 89.3 Å². The molecule has 1 saturated carbocycles. The Morgan fingerprint density at radius 2 is 1.79 bits per heavy atom. The molecule has 218 valence electrons. The van der Waals surface area contributed by atoms with Gasteiger partial charge in [-0.2, -0.15) is 5.10 Å². The molecule has 3 rings (SSSR count). The van der Waals surface area contributed by atoms with Gasteiger partial charge in [0.1, 0.15) is 6.04 Å². The van der Waals surface area contributed by atoms with Crippen molar-refractivity contribution in [3.8, 4) is 0 Å². The number of fused-ring (bicyclic) bond motifs is 1. The molecular formula is C26H44N8O5. The number of likely N-dealkylation sites (N-methyl/N-ethyl adjacent to an activating group) is 1. The molecular weight excluding hydrogens is 504 g/mol. The topological polar surface area (TPSA) is 164 Å². The Bertz CT molecular complexity index is 920. The van der Waals surface area contributed by atoms with Crippen LogP contribution in [0.3, 0.4) is 0 Å². The van der Waals surface area contributed by atoms with Crippen LogP contribution in [0.25, 0.3) is 0 Å². The molecule has 5 N–H and O–H groups in total. The van der Waals surface area contributed by atoms with Crippen LogP contribution in [0.1, 0.15) is 71.1 Å². The van der Waals surface area contributed by atoms with E-state index in [-0.39, 0.29) is 36.0 Å². The molecule has 6 amide bonds. The van der Waals surface area contributed by atoms with Crippen LogP contribution >= 0.6 is 0 Å². The highest BCUT2D eigenvalue weighted by Gasteiger charge is 2.44. The average Bonchev–Trinajstić information content (AvgIpc) is 3.07. The molecule has 2 saturated heterocycles. The first-order chi connectivity index (χ1) is 18.8. The first-order valence-electron chi connectivity index (χ1n) is 14.2. The van der Waals surface area contributed by atoms with Gasteiger partial charge in [0.15, 0.2) is 0 Å². The zero-order valence-electron chi connectivity index (χ0n) is 23.3. The van der Waals surface area contributed by atoms with Gasteiger partial charge in [-0.3, -0.25) is 24.2 Å². The van der Waals surface area contributed by atoms with E-state index >= 15 is 0 Å². The van der Waals surface area contributed by atoms with Gasteiger partial charge in [-0.15, -0.1) is 0 Å². The lowest BCUT2D eigenvalue weighted by Gasteiger charge is -2.43. The Labute approximate surface area is 230 Å². The molecule has 0 aromatic carbocycles. The average molecular weight is 549 g/mol. The summed E-state index contributed by atoms with van der Waals surface area (Å²) in [7, 11) is 3.33. The third kappa shape index (κ3) is 8.13. The third-order valence-electron chi connectivity index (χ3n) is 7.88. The van der Waals surface area contributed by atoms with Crippen LogP contribution in [0.4, 0.5) is 4.79 Å². The van der Waals surface area contributed by atoms with Gasteiger partial charge in [-0.25, -0.2) is 15.2 Å². The van der Waals surface area contributed by atoms with Crippen LogP contribution < -0.4 is 26.7 Å². The SMILES string of the molecule is CCCC(/C=N/NC(=O)NCC1CCC(C(=O)NC)CC1)NC(=O)C1CCCN2C(=O)CCC(NC)C(=O)N12. The summed E-state index contributed by atoms with van der Waals surface area (Å²) >= 11 is 0. The van der Waals surface area contributed by atoms with Gasteiger partial charge in [-0.1, -0.05) is 13.3 Å². The summed E-state index contributed by atoms with van der Waals surface area (Å²) < 4.78 is 0. The normalized spacial score (nSPS) is 26.4. The minimum absolute atomic E-state index is 0.0507. The van der Waals surface area contributed by atoms with Gasteiger partial charge in [-0.05, 0) is 64.3 Å². The number of carbonyl (C=O) groups is 5. The van der Waals surface area contributed by atoms with Gasteiger partial charge in [0.05, 0.1) is 12.1 Å². The van der Waals surface area contributed by atoms with E-state index in [1.807, 2.05) is 6.92 Å². The van der Waals surface area contributed by atoms with E-state index in [9.17, 15) is 24.0 Å². The van der Waals surface area contributed by atoms with E-state index in [4.69, 9.17) is 0 Å². The molecule has 3 atom stereocenters. The molecule has 0 bridgehead atoms. The number of hydrazine groups is 1. The van der Waals surface area contributed by atoms with E-state index in [1.165, 1.54) is 16.2 Å². The lowest BCUT2D eigenvalue weighted by Crippen LogP contribution is -2.64. The van der Waals surface area contributed by atoms with E-state index in [0.717, 1.165) is 32.1 Å². The largest absolute Gasteiger partial charge is 0.359 e. The first-order valence-corrected chi connectivity index (χ1v) is 14.2. The van der Waals surface area contributed by atoms with E-state index in [0.29, 0.717) is 44.7 Å². The number of nitrogens with one attached hydrogen (secondary N) is 5. The molecule has 13 heteroatoms. The molecule has 0 aromatic rings. The second-order valence-corrected chi connectivity index (χ2v) is 10.6. The predicted octanol–water partition coefficient (Wildman–Crippen LogP) is 0.225. The smallest absolute Gasteiger partial charge is 0.335 e. The van der Waals surface area contributed by atoms with Gasteiger partial charge < -0.3 is 21.3 Å². The molecule has 0 spiro atoms. The summed E-state index contributed by atoms with van der Waals surface area (Å²) in [6.45, 7) is 2.90. The second kappa shape index (κ2) is 14.8. The summed E-state index contributed by atoms with van der Waals surface area (Å²) in [4.78, 5) is 63.1. The number of hydrazone groups is 1.